The summed E-state index contributed by atoms with van der Waals surface area (Å²) in [5.74, 6) is 2.02. The maximum absolute atomic E-state index is 13.4. The van der Waals surface area contributed by atoms with Gasteiger partial charge in [0.05, 0.1) is 21.3 Å². The molecule has 4 rings (SSSR count). The summed E-state index contributed by atoms with van der Waals surface area (Å²) in [7, 11) is 4.88. The van der Waals surface area contributed by atoms with Gasteiger partial charge in [0.1, 0.15) is 5.82 Å². The monoisotopic (exact) mass is 596 g/mol. The molecule has 0 N–H and O–H groups in total. The maximum atomic E-state index is 13.4. The topological polar surface area (TPSA) is 51.2 Å². The first-order chi connectivity index (χ1) is 20.2. The standard InChI is InChI=1S/C34H45FN2O4S/c1-34(2,17-16-29-14-13-28(42-29)11-7-9-25-8-6-10-27(35)22-25)23-31(38)37-20-18-36(19-21-37)24-26-12-15-30(39-3)33(41-5)32(26)40-4/h6,8,10,12-15,22H,7,9,11,16-21,23-24H2,1-5H3. The van der Waals surface area contributed by atoms with E-state index in [1.54, 1.807) is 33.5 Å². The van der Waals surface area contributed by atoms with E-state index in [-0.39, 0.29) is 17.1 Å². The van der Waals surface area contributed by atoms with Crippen molar-refractivity contribution in [3.8, 4) is 17.2 Å². The predicted molar refractivity (Wildman–Crippen MR) is 167 cm³/mol. The zero-order chi connectivity index (χ0) is 30.1. The minimum Gasteiger partial charge on any atom is -0.493 e. The number of amides is 1. The van der Waals surface area contributed by atoms with Crippen LogP contribution in [0.4, 0.5) is 4.39 Å². The van der Waals surface area contributed by atoms with Gasteiger partial charge in [-0.15, -0.1) is 11.3 Å². The highest BCUT2D eigenvalue weighted by Gasteiger charge is 2.28. The highest BCUT2D eigenvalue weighted by molar-refractivity contribution is 7.11. The van der Waals surface area contributed by atoms with Gasteiger partial charge in [0, 0.05) is 54.5 Å². The summed E-state index contributed by atoms with van der Waals surface area (Å²) in [4.78, 5) is 20.4. The molecule has 1 aromatic heterocycles. The number of nitrogens with zero attached hydrogens (tertiary/aromatic N) is 2. The molecule has 42 heavy (non-hydrogen) atoms. The fourth-order valence-electron chi connectivity index (χ4n) is 5.61. The molecular formula is C34H45FN2O4S. The Bertz CT molecular complexity index is 1320. The number of benzene rings is 2. The van der Waals surface area contributed by atoms with Crippen molar-refractivity contribution in [1.29, 1.82) is 0 Å². The molecule has 8 heteroatoms. The number of carbonyl (C=O) groups excluding carboxylic acids is 1. The van der Waals surface area contributed by atoms with Crippen LogP contribution in [-0.2, 0) is 30.6 Å². The molecule has 0 spiro atoms. The minimum absolute atomic E-state index is 0.0667. The minimum atomic E-state index is -0.165. The Labute approximate surface area is 254 Å². The first kappa shape index (κ1) is 31.8. The van der Waals surface area contributed by atoms with Crippen LogP contribution in [0.25, 0.3) is 0 Å². The van der Waals surface area contributed by atoms with Gasteiger partial charge in [-0.3, -0.25) is 9.69 Å². The molecule has 0 aliphatic carbocycles. The molecule has 1 amide bonds. The van der Waals surface area contributed by atoms with E-state index in [2.05, 4.69) is 30.9 Å². The summed E-state index contributed by atoms with van der Waals surface area (Å²) >= 11 is 1.87. The van der Waals surface area contributed by atoms with Gasteiger partial charge in [-0.05, 0) is 73.4 Å². The molecule has 228 valence electrons. The van der Waals surface area contributed by atoms with E-state index in [1.165, 1.54) is 15.8 Å². The number of hydrogen-bond acceptors (Lipinski definition) is 6. The molecule has 0 radical (unpaired) electrons. The van der Waals surface area contributed by atoms with Crippen molar-refractivity contribution in [3.05, 3.63) is 75.2 Å². The van der Waals surface area contributed by atoms with Gasteiger partial charge < -0.3 is 19.1 Å². The van der Waals surface area contributed by atoms with Crippen molar-refractivity contribution >= 4 is 17.2 Å². The Morgan fingerprint density at radius 1 is 0.881 bits per heavy atom. The highest BCUT2D eigenvalue weighted by atomic mass is 32.1. The Balaban J connectivity index is 1.20. The van der Waals surface area contributed by atoms with Crippen molar-refractivity contribution in [3.63, 3.8) is 0 Å². The molecule has 0 unspecified atom stereocenters. The zero-order valence-electron chi connectivity index (χ0n) is 25.7. The second-order valence-electron chi connectivity index (χ2n) is 11.8. The van der Waals surface area contributed by atoms with Crippen LogP contribution in [0.5, 0.6) is 17.2 Å². The third-order valence-corrected chi connectivity index (χ3v) is 9.28. The maximum Gasteiger partial charge on any atom is 0.223 e. The first-order valence-electron chi connectivity index (χ1n) is 14.8. The number of aryl methyl sites for hydroxylation is 3. The van der Waals surface area contributed by atoms with Gasteiger partial charge in [0.25, 0.3) is 0 Å². The molecule has 0 bridgehead atoms. The quantitative estimate of drug-likeness (QED) is 0.205. The number of rotatable bonds is 14. The summed E-state index contributed by atoms with van der Waals surface area (Å²) in [5, 5.41) is 0. The smallest absolute Gasteiger partial charge is 0.223 e. The Hall–Kier alpha value is -3.10. The SMILES string of the molecule is COc1ccc(CN2CCN(C(=O)CC(C)(C)CCc3ccc(CCCc4cccc(F)c4)s3)CC2)c(OC)c1OC. The molecule has 6 nitrogen and oxygen atoms in total. The summed E-state index contributed by atoms with van der Waals surface area (Å²) in [6.45, 7) is 8.24. The number of piperazine rings is 1. The van der Waals surface area contributed by atoms with E-state index in [1.807, 2.05) is 34.4 Å². The molecular weight excluding hydrogens is 551 g/mol. The molecule has 1 fully saturated rings. The lowest BCUT2D eigenvalue weighted by atomic mass is 9.83. The Morgan fingerprint density at radius 2 is 1.60 bits per heavy atom. The predicted octanol–water partition coefficient (Wildman–Crippen LogP) is 6.78. The van der Waals surface area contributed by atoms with Crippen LogP contribution in [0.2, 0.25) is 0 Å². The van der Waals surface area contributed by atoms with Gasteiger partial charge in [-0.1, -0.05) is 32.0 Å². The van der Waals surface area contributed by atoms with Gasteiger partial charge >= 0.3 is 0 Å². The average molecular weight is 597 g/mol. The Kier molecular flexibility index (Phi) is 11.3. The molecule has 1 saturated heterocycles. The van der Waals surface area contributed by atoms with Crippen LogP contribution in [-0.4, -0.2) is 63.2 Å². The van der Waals surface area contributed by atoms with Crippen LogP contribution in [0.3, 0.4) is 0 Å². The van der Waals surface area contributed by atoms with E-state index < -0.39 is 0 Å². The van der Waals surface area contributed by atoms with E-state index in [4.69, 9.17) is 14.2 Å². The number of ether oxygens (including phenoxy) is 3. The van der Waals surface area contributed by atoms with Crippen LogP contribution >= 0.6 is 11.3 Å². The third kappa shape index (κ3) is 8.71. The van der Waals surface area contributed by atoms with Crippen LogP contribution < -0.4 is 14.2 Å². The van der Waals surface area contributed by atoms with E-state index >= 15 is 0 Å². The molecule has 1 aliphatic rings. The summed E-state index contributed by atoms with van der Waals surface area (Å²) in [6, 6.07) is 15.3. The lowest BCUT2D eigenvalue weighted by Crippen LogP contribution is -2.49. The summed E-state index contributed by atoms with van der Waals surface area (Å²) in [5.41, 5.74) is 2.03. The van der Waals surface area contributed by atoms with Crippen molar-refractivity contribution in [2.45, 2.75) is 58.9 Å². The van der Waals surface area contributed by atoms with E-state index in [9.17, 15) is 9.18 Å². The normalized spacial score (nSPS) is 14.2. The molecule has 0 atom stereocenters. The molecule has 3 aromatic rings. The third-order valence-electron chi connectivity index (χ3n) is 8.08. The van der Waals surface area contributed by atoms with E-state index in [0.717, 1.165) is 76.0 Å². The molecule has 2 heterocycles. The van der Waals surface area contributed by atoms with Crippen LogP contribution in [0, 0.1) is 11.2 Å². The summed E-state index contributed by atoms with van der Waals surface area (Å²) < 4.78 is 30.0. The highest BCUT2D eigenvalue weighted by Crippen LogP contribution is 2.40. The fraction of sp³-hybridized carbons (Fsp3) is 0.500. The van der Waals surface area contributed by atoms with E-state index in [0.29, 0.717) is 23.7 Å². The lowest BCUT2D eigenvalue weighted by Gasteiger charge is -2.36. The van der Waals surface area contributed by atoms with Gasteiger partial charge in [-0.25, -0.2) is 4.39 Å². The second kappa shape index (κ2) is 14.9. The van der Waals surface area contributed by atoms with Gasteiger partial charge in [0.2, 0.25) is 11.7 Å². The fourth-order valence-corrected chi connectivity index (χ4v) is 6.66. The van der Waals surface area contributed by atoms with Crippen molar-refractivity contribution in [1.82, 2.24) is 9.80 Å². The second-order valence-corrected chi connectivity index (χ2v) is 13.1. The number of carbonyl (C=O) groups is 1. The summed E-state index contributed by atoms with van der Waals surface area (Å²) in [6.07, 6.45) is 5.42. The Morgan fingerprint density at radius 3 is 2.26 bits per heavy atom. The zero-order valence-corrected chi connectivity index (χ0v) is 26.5. The number of halogens is 1. The van der Waals surface area contributed by atoms with Crippen molar-refractivity contribution in [2.24, 2.45) is 5.41 Å². The number of thiophene rings is 1. The molecule has 2 aromatic carbocycles. The lowest BCUT2D eigenvalue weighted by molar-refractivity contribution is -0.135. The van der Waals surface area contributed by atoms with Gasteiger partial charge in [0.15, 0.2) is 11.5 Å². The molecule has 1 aliphatic heterocycles. The first-order valence-corrected chi connectivity index (χ1v) is 15.6. The van der Waals surface area contributed by atoms with Crippen molar-refractivity contribution < 1.29 is 23.4 Å². The van der Waals surface area contributed by atoms with Crippen molar-refractivity contribution in [2.75, 3.05) is 47.5 Å². The number of methoxy groups -OCH3 is 3. The molecule has 0 saturated carbocycles. The largest absolute Gasteiger partial charge is 0.493 e. The van der Waals surface area contributed by atoms with Crippen LogP contribution in [0.15, 0.2) is 48.5 Å². The van der Waals surface area contributed by atoms with Gasteiger partial charge in [-0.2, -0.15) is 0 Å². The number of hydrogen-bond donors (Lipinski definition) is 0. The average Bonchev–Trinajstić information content (AvgIpc) is 3.43. The van der Waals surface area contributed by atoms with Crippen LogP contribution in [0.1, 0.15) is 54.0 Å².